The van der Waals surface area contributed by atoms with Crippen LogP contribution in [0.5, 0.6) is 0 Å². The first-order chi connectivity index (χ1) is 9.93. The summed E-state index contributed by atoms with van der Waals surface area (Å²) in [6, 6.07) is 7.76. The summed E-state index contributed by atoms with van der Waals surface area (Å²) in [6.45, 7) is 7.32. The van der Waals surface area contributed by atoms with Crippen molar-refractivity contribution in [2.24, 2.45) is 0 Å². The van der Waals surface area contributed by atoms with Gasteiger partial charge in [-0.25, -0.2) is 4.79 Å². The van der Waals surface area contributed by atoms with Gasteiger partial charge in [0.2, 0.25) is 0 Å². The highest BCUT2D eigenvalue weighted by atomic mass is 32.2. The zero-order chi connectivity index (χ0) is 15.8. The summed E-state index contributed by atoms with van der Waals surface area (Å²) >= 11 is 0. The molecule has 1 rings (SSSR count). The molecule has 3 atom stereocenters. The summed E-state index contributed by atoms with van der Waals surface area (Å²) in [4.78, 5) is 11.7. The van der Waals surface area contributed by atoms with E-state index >= 15 is 0 Å². The number of carbonyl (C=O) groups excluding carboxylic acids is 1. The van der Waals surface area contributed by atoms with Gasteiger partial charge in [0.1, 0.15) is 0 Å². The van der Waals surface area contributed by atoms with Gasteiger partial charge in [-0.2, -0.15) is 0 Å². The fourth-order valence-electron chi connectivity index (χ4n) is 1.81. The summed E-state index contributed by atoms with van der Waals surface area (Å²) in [5.41, 5.74) is 1.92. The quantitative estimate of drug-likeness (QED) is 0.723. The summed E-state index contributed by atoms with van der Waals surface area (Å²) in [6.07, 6.45) is 1.63. The van der Waals surface area contributed by atoms with Gasteiger partial charge in [0.05, 0.1) is 0 Å². The lowest BCUT2D eigenvalue weighted by atomic mass is 10.1. The summed E-state index contributed by atoms with van der Waals surface area (Å²) in [5, 5.41) is 8.76. The van der Waals surface area contributed by atoms with E-state index in [9.17, 15) is 9.00 Å². The zero-order valence-corrected chi connectivity index (χ0v) is 13.9. The molecule has 118 valence electrons. The molecular weight excluding hydrogens is 286 g/mol. The first kappa shape index (κ1) is 17.7. The van der Waals surface area contributed by atoms with E-state index < -0.39 is 10.8 Å². The van der Waals surface area contributed by atoms with Gasteiger partial charge in [0, 0.05) is 40.6 Å². The summed E-state index contributed by atoms with van der Waals surface area (Å²) < 4.78 is 11.2. The van der Waals surface area contributed by atoms with Crippen LogP contribution in [0.25, 0.3) is 0 Å². The highest BCUT2D eigenvalue weighted by Crippen LogP contribution is 2.15. The van der Waals surface area contributed by atoms with Crippen molar-refractivity contribution in [3.8, 4) is 0 Å². The molecule has 0 saturated carbocycles. The second kappa shape index (κ2) is 8.79. The second-order valence-corrected chi connectivity index (χ2v) is 6.85. The van der Waals surface area contributed by atoms with Crippen LogP contribution >= 0.6 is 0 Å². The Balaban J connectivity index is 2.48. The van der Waals surface area contributed by atoms with Gasteiger partial charge in [0.25, 0.3) is 0 Å². The van der Waals surface area contributed by atoms with Crippen LogP contribution in [0.4, 0.5) is 10.5 Å². The average Bonchev–Trinajstić information content (AvgIpc) is 2.45. The molecule has 3 N–H and O–H groups in total. The van der Waals surface area contributed by atoms with Crippen LogP contribution in [0, 0.1) is 0 Å². The lowest BCUT2D eigenvalue weighted by Crippen LogP contribution is -2.35. The molecule has 0 aromatic heterocycles. The van der Waals surface area contributed by atoms with Gasteiger partial charge in [-0.1, -0.05) is 19.1 Å². The van der Waals surface area contributed by atoms with Crippen molar-refractivity contribution in [3.05, 3.63) is 29.8 Å². The monoisotopic (exact) mass is 311 g/mol. The van der Waals surface area contributed by atoms with E-state index in [-0.39, 0.29) is 11.3 Å². The molecule has 2 amide bonds. The number of carbonyl (C=O) groups is 1. The first-order valence-electron chi connectivity index (χ1n) is 7.14. The molecule has 0 aliphatic carbocycles. The third kappa shape index (κ3) is 6.27. The Morgan fingerprint density at radius 1 is 1.24 bits per heavy atom. The van der Waals surface area contributed by atoms with Crippen molar-refractivity contribution < 1.29 is 9.00 Å². The molecule has 0 aliphatic heterocycles. The van der Waals surface area contributed by atoms with E-state index in [2.05, 4.69) is 29.8 Å². The normalized spacial score (nSPS) is 15.0. The molecule has 0 heterocycles. The molecule has 0 fully saturated rings. The van der Waals surface area contributed by atoms with Crippen LogP contribution in [-0.2, 0) is 10.8 Å². The van der Waals surface area contributed by atoms with Gasteiger partial charge in [-0.3, -0.25) is 4.21 Å². The summed E-state index contributed by atoms with van der Waals surface area (Å²) in [5.74, 6) is 0. The summed E-state index contributed by atoms with van der Waals surface area (Å²) in [7, 11) is -0.933. The standard InChI is InChI=1S/C15H25N3O2S/c1-5-16-12(3)13-6-8-14(9-7-13)18-15(19)17-10-11(2)21(4)20/h6-9,11-12,16H,5,10H2,1-4H3,(H2,17,18,19). The highest BCUT2D eigenvalue weighted by Gasteiger charge is 2.09. The SMILES string of the molecule is CCNC(C)c1ccc(NC(=O)NCC(C)S(C)=O)cc1. The number of hydrogen-bond donors (Lipinski definition) is 3. The second-order valence-electron chi connectivity index (χ2n) is 5.05. The molecule has 6 heteroatoms. The highest BCUT2D eigenvalue weighted by molar-refractivity contribution is 7.84. The molecule has 1 aromatic carbocycles. The number of anilines is 1. The third-order valence-corrected chi connectivity index (χ3v) is 4.60. The predicted octanol–water partition coefficient (Wildman–Crippen LogP) is 2.25. The predicted molar refractivity (Wildman–Crippen MR) is 89.1 cm³/mol. The van der Waals surface area contributed by atoms with E-state index in [1.54, 1.807) is 6.26 Å². The number of urea groups is 1. The maximum absolute atomic E-state index is 11.7. The molecular formula is C15H25N3O2S. The van der Waals surface area contributed by atoms with Gasteiger partial charge >= 0.3 is 6.03 Å². The van der Waals surface area contributed by atoms with Crippen LogP contribution in [-0.4, -0.2) is 34.8 Å². The van der Waals surface area contributed by atoms with Crippen molar-refractivity contribution in [2.45, 2.75) is 32.1 Å². The minimum absolute atomic E-state index is 0.0564. The van der Waals surface area contributed by atoms with E-state index in [1.807, 2.05) is 31.2 Å². The van der Waals surface area contributed by atoms with Gasteiger partial charge in [-0.05, 0) is 38.1 Å². The molecule has 0 aliphatic rings. The van der Waals surface area contributed by atoms with Crippen LogP contribution in [0.1, 0.15) is 32.4 Å². The molecule has 0 saturated heterocycles. The first-order valence-corrected chi connectivity index (χ1v) is 8.76. The van der Waals surface area contributed by atoms with E-state index in [4.69, 9.17) is 0 Å². The van der Waals surface area contributed by atoms with E-state index in [1.165, 1.54) is 5.56 Å². The number of rotatable bonds is 7. The number of hydrogen-bond acceptors (Lipinski definition) is 3. The van der Waals surface area contributed by atoms with Crippen molar-refractivity contribution in [1.82, 2.24) is 10.6 Å². The smallest absolute Gasteiger partial charge is 0.319 e. The number of benzene rings is 1. The van der Waals surface area contributed by atoms with Gasteiger partial charge in [0.15, 0.2) is 0 Å². The lowest BCUT2D eigenvalue weighted by Gasteiger charge is -2.14. The van der Waals surface area contributed by atoms with Crippen molar-refractivity contribution in [3.63, 3.8) is 0 Å². The molecule has 3 unspecified atom stereocenters. The largest absolute Gasteiger partial charge is 0.337 e. The Hall–Kier alpha value is -1.40. The van der Waals surface area contributed by atoms with Crippen molar-refractivity contribution >= 4 is 22.5 Å². The van der Waals surface area contributed by atoms with Gasteiger partial charge < -0.3 is 16.0 Å². The van der Waals surface area contributed by atoms with Gasteiger partial charge in [-0.15, -0.1) is 0 Å². The average molecular weight is 311 g/mol. The molecule has 5 nitrogen and oxygen atoms in total. The maximum atomic E-state index is 11.7. The third-order valence-electron chi connectivity index (χ3n) is 3.30. The van der Waals surface area contributed by atoms with Crippen molar-refractivity contribution in [2.75, 3.05) is 24.7 Å². The number of nitrogens with one attached hydrogen (secondary N) is 3. The Labute approximate surface area is 129 Å². The van der Waals surface area contributed by atoms with Crippen LogP contribution in [0.2, 0.25) is 0 Å². The zero-order valence-electron chi connectivity index (χ0n) is 13.1. The Kier molecular flexibility index (Phi) is 7.39. The lowest BCUT2D eigenvalue weighted by molar-refractivity contribution is 0.252. The fraction of sp³-hybridized carbons (Fsp3) is 0.533. The minimum atomic E-state index is -0.933. The van der Waals surface area contributed by atoms with E-state index in [0.29, 0.717) is 12.6 Å². The van der Waals surface area contributed by atoms with E-state index in [0.717, 1.165) is 12.2 Å². The Bertz CT molecular complexity index is 476. The number of amides is 2. The maximum Gasteiger partial charge on any atom is 0.319 e. The molecule has 1 aromatic rings. The molecule has 21 heavy (non-hydrogen) atoms. The minimum Gasteiger partial charge on any atom is -0.337 e. The van der Waals surface area contributed by atoms with Crippen LogP contribution in [0.3, 0.4) is 0 Å². The molecule has 0 bridgehead atoms. The Morgan fingerprint density at radius 2 is 1.86 bits per heavy atom. The molecule has 0 spiro atoms. The Morgan fingerprint density at radius 3 is 2.38 bits per heavy atom. The molecule has 0 radical (unpaired) electrons. The van der Waals surface area contributed by atoms with Crippen LogP contribution in [0.15, 0.2) is 24.3 Å². The fourth-order valence-corrected chi connectivity index (χ4v) is 2.13. The topological polar surface area (TPSA) is 70.2 Å². The van der Waals surface area contributed by atoms with Crippen molar-refractivity contribution in [1.29, 1.82) is 0 Å². The van der Waals surface area contributed by atoms with Crippen LogP contribution < -0.4 is 16.0 Å².